The third kappa shape index (κ3) is 3.58. The first-order valence-electron chi connectivity index (χ1n) is 7.29. The average molecular weight is 329 g/mol. The summed E-state index contributed by atoms with van der Waals surface area (Å²) in [6.45, 7) is 9.35. The molecule has 4 nitrogen and oxygen atoms in total. The summed E-state index contributed by atoms with van der Waals surface area (Å²) in [5.74, 6) is 0.836. The maximum absolute atomic E-state index is 5.65. The van der Waals surface area contributed by atoms with Crippen LogP contribution < -0.4 is 5.73 Å². The Kier molecular flexibility index (Phi) is 5.42. The minimum absolute atomic E-state index is 0.831. The van der Waals surface area contributed by atoms with Gasteiger partial charge in [0.2, 0.25) is 0 Å². The summed E-state index contributed by atoms with van der Waals surface area (Å²) in [5.41, 5.74) is 8.06. The van der Waals surface area contributed by atoms with Crippen LogP contribution >= 0.6 is 15.9 Å². The van der Waals surface area contributed by atoms with E-state index in [1.165, 1.54) is 42.5 Å². The van der Waals surface area contributed by atoms with E-state index in [0.29, 0.717) is 0 Å². The van der Waals surface area contributed by atoms with E-state index < -0.39 is 0 Å². The van der Waals surface area contributed by atoms with Crippen molar-refractivity contribution in [3.05, 3.63) is 15.9 Å². The van der Waals surface area contributed by atoms with Crippen molar-refractivity contribution in [2.45, 2.75) is 46.2 Å². The Morgan fingerprint density at radius 2 is 2.05 bits per heavy atom. The summed E-state index contributed by atoms with van der Waals surface area (Å²) < 4.78 is 3.30. The predicted octanol–water partition coefficient (Wildman–Crippen LogP) is 2.53. The maximum Gasteiger partial charge on any atom is 0.0739 e. The molecular formula is C14H25BrN4. The molecule has 1 saturated heterocycles. The summed E-state index contributed by atoms with van der Waals surface area (Å²) in [7, 11) is 0. The first kappa shape index (κ1) is 15.0. The van der Waals surface area contributed by atoms with Crippen molar-refractivity contribution in [3.8, 4) is 0 Å². The summed E-state index contributed by atoms with van der Waals surface area (Å²) in [6, 6.07) is 0. The first-order valence-corrected chi connectivity index (χ1v) is 8.09. The second kappa shape index (κ2) is 6.86. The number of nitrogens with two attached hydrogens (primary N) is 1. The monoisotopic (exact) mass is 328 g/mol. The van der Waals surface area contributed by atoms with Gasteiger partial charge in [0, 0.05) is 13.1 Å². The molecule has 2 heterocycles. The van der Waals surface area contributed by atoms with Crippen molar-refractivity contribution >= 4 is 15.9 Å². The Bertz CT molecular complexity index is 408. The van der Waals surface area contributed by atoms with Crippen LogP contribution in [0.4, 0.5) is 0 Å². The minimum atomic E-state index is 0.831. The van der Waals surface area contributed by atoms with Crippen LogP contribution in [0.3, 0.4) is 0 Å². The fourth-order valence-electron chi connectivity index (χ4n) is 2.90. The molecule has 1 aromatic rings. The number of hydrogen-bond acceptors (Lipinski definition) is 3. The molecule has 0 atom stereocenters. The zero-order valence-electron chi connectivity index (χ0n) is 12.0. The molecule has 0 radical (unpaired) electrons. The topological polar surface area (TPSA) is 47.1 Å². The van der Waals surface area contributed by atoms with Crippen LogP contribution in [0.2, 0.25) is 0 Å². The van der Waals surface area contributed by atoms with E-state index in [1.54, 1.807) is 0 Å². The number of piperidine rings is 1. The van der Waals surface area contributed by atoms with Gasteiger partial charge >= 0.3 is 0 Å². The molecule has 1 aliphatic heterocycles. The SMILES string of the molecule is CCn1nc(C)c(Br)c1CN1CCC(CCN)CC1. The average Bonchev–Trinajstić information content (AvgIpc) is 2.69. The van der Waals surface area contributed by atoms with E-state index in [-0.39, 0.29) is 0 Å². The van der Waals surface area contributed by atoms with E-state index in [9.17, 15) is 0 Å². The maximum atomic E-state index is 5.65. The van der Waals surface area contributed by atoms with Gasteiger partial charge in [-0.05, 0) is 74.6 Å². The number of aromatic nitrogens is 2. The normalized spacial score (nSPS) is 18.1. The quantitative estimate of drug-likeness (QED) is 0.903. The highest BCUT2D eigenvalue weighted by molar-refractivity contribution is 9.10. The van der Waals surface area contributed by atoms with Crippen molar-refractivity contribution < 1.29 is 0 Å². The Morgan fingerprint density at radius 1 is 1.37 bits per heavy atom. The molecule has 0 bridgehead atoms. The highest BCUT2D eigenvalue weighted by atomic mass is 79.9. The summed E-state index contributed by atoms with van der Waals surface area (Å²) in [4.78, 5) is 2.54. The third-order valence-corrected chi connectivity index (χ3v) is 5.14. The highest BCUT2D eigenvalue weighted by Gasteiger charge is 2.21. The zero-order valence-corrected chi connectivity index (χ0v) is 13.6. The van der Waals surface area contributed by atoms with Crippen molar-refractivity contribution in [1.29, 1.82) is 0 Å². The van der Waals surface area contributed by atoms with Crippen molar-refractivity contribution in [2.75, 3.05) is 19.6 Å². The molecule has 19 heavy (non-hydrogen) atoms. The lowest BCUT2D eigenvalue weighted by Crippen LogP contribution is -2.34. The number of nitrogens with zero attached hydrogens (tertiary/aromatic N) is 3. The van der Waals surface area contributed by atoms with Gasteiger partial charge in [-0.1, -0.05) is 0 Å². The lowest BCUT2D eigenvalue weighted by atomic mass is 9.93. The van der Waals surface area contributed by atoms with Crippen molar-refractivity contribution in [2.24, 2.45) is 11.7 Å². The molecule has 5 heteroatoms. The van der Waals surface area contributed by atoms with Gasteiger partial charge in [-0.3, -0.25) is 9.58 Å². The molecule has 1 aromatic heterocycles. The number of rotatable bonds is 5. The van der Waals surface area contributed by atoms with Crippen molar-refractivity contribution in [3.63, 3.8) is 0 Å². The molecule has 108 valence electrons. The Balaban J connectivity index is 1.95. The molecule has 0 spiro atoms. The van der Waals surface area contributed by atoms with E-state index in [4.69, 9.17) is 5.73 Å². The van der Waals surface area contributed by atoms with Gasteiger partial charge in [-0.2, -0.15) is 5.10 Å². The number of hydrogen-bond donors (Lipinski definition) is 1. The third-order valence-electron chi connectivity index (χ3n) is 4.11. The van der Waals surface area contributed by atoms with Crippen LogP contribution in [-0.2, 0) is 13.1 Å². The molecule has 1 aliphatic rings. The molecule has 0 saturated carbocycles. The first-order chi connectivity index (χ1) is 9.15. The summed E-state index contributed by atoms with van der Waals surface area (Å²) >= 11 is 3.68. The van der Waals surface area contributed by atoms with Crippen LogP contribution in [0.15, 0.2) is 4.47 Å². The summed E-state index contributed by atoms with van der Waals surface area (Å²) in [5, 5.41) is 4.57. The highest BCUT2D eigenvalue weighted by Crippen LogP contribution is 2.25. The van der Waals surface area contributed by atoms with Crippen LogP contribution in [0.5, 0.6) is 0 Å². The lowest BCUT2D eigenvalue weighted by Gasteiger charge is -2.31. The van der Waals surface area contributed by atoms with Gasteiger partial charge in [0.1, 0.15) is 0 Å². The van der Waals surface area contributed by atoms with Gasteiger partial charge in [-0.15, -0.1) is 0 Å². The second-order valence-corrected chi connectivity index (χ2v) is 6.25. The van der Waals surface area contributed by atoms with E-state index in [0.717, 1.165) is 31.2 Å². The van der Waals surface area contributed by atoms with E-state index in [2.05, 4.69) is 44.5 Å². The molecule has 0 unspecified atom stereocenters. The lowest BCUT2D eigenvalue weighted by molar-refractivity contribution is 0.169. The van der Waals surface area contributed by atoms with Gasteiger partial charge in [0.05, 0.1) is 15.9 Å². The molecule has 0 aliphatic carbocycles. The minimum Gasteiger partial charge on any atom is -0.330 e. The Labute approximate surface area is 124 Å². The zero-order chi connectivity index (χ0) is 13.8. The smallest absolute Gasteiger partial charge is 0.0739 e. The number of likely N-dealkylation sites (tertiary alicyclic amines) is 1. The largest absolute Gasteiger partial charge is 0.330 e. The number of aryl methyl sites for hydroxylation is 2. The van der Waals surface area contributed by atoms with E-state index in [1.807, 2.05) is 0 Å². The summed E-state index contributed by atoms with van der Waals surface area (Å²) in [6.07, 6.45) is 3.76. The van der Waals surface area contributed by atoms with E-state index >= 15 is 0 Å². The van der Waals surface area contributed by atoms with Crippen LogP contribution in [0.1, 0.15) is 37.6 Å². The van der Waals surface area contributed by atoms with Crippen LogP contribution in [-0.4, -0.2) is 34.3 Å². The fraction of sp³-hybridized carbons (Fsp3) is 0.786. The molecule has 0 amide bonds. The fourth-order valence-corrected chi connectivity index (χ4v) is 3.31. The standard InChI is InChI=1S/C14H25BrN4/c1-3-19-13(14(15)11(2)17-19)10-18-8-5-12(4-7-16)6-9-18/h12H,3-10,16H2,1-2H3. The molecule has 2 rings (SSSR count). The number of halogens is 1. The predicted molar refractivity (Wildman–Crippen MR) is 82.0 cm³/mol. The Hall–Kier alpha value is -0.390. The Morgan fingerprint density at radius 3 is 2.63 bits per heavy atom. The van der Waals surface area contributed by atoms with Crippen molar-refractivity contribution in [1.82, 2.24) is 14.7 Å². The molecule has 0 aromatic carbocycles. The second-order valence-electron chi connectivity index (χ2n) is 5.46. The van der Waals surface area contributed by atoms with Gasteiger partial charge in [-0.25, -0.2) is 0 Å². The molecule has 1 fully saturated rings. The van der Waals surface area contributed by atoms with Crippen LogP contribution in [0.25, 0.3) is 0 Å². The van der Waals surface area contributed by atoms with Gasteiger partial charge < -0.3 is 5.73 Å². The molecular weight excluding hydrogens is 304 g/mol. The molecule has 2 N–H and O–H groups in total. The van der Waals surface area contributed by atoms with Gasteiger partial charge in [0.15, 0.2) is 0 Å². The van der Waals surface area contributed by atoms with Crippen LogP contribution in [0, 0.1) is 12.8 Å². The van der Waals surface area contributed by atoms with Gasteiger partial charge in [0.25, 0.3) is 0 Å².